The molecule has 0 aromatic heterocycles. The van der Waals surface area contributed by atoms with Gasteiger partial charge in [0.2, 0.25) is 0 Å². The van der Waals surface area contributed by atoms with Crippen molar-refractivity contribution in [3.8, 4) is 0 Å². The first-order valence-corrected chi connectivity index (χ1v) is 4.54. The Labute approximate surface area is 220 Å². The fourth-order valence-electron chi connectivity index (χ4n) is 0. The van der Waals surface area contributed by atoms with Gasteiger partial charge in [-0.15, -0.1) is 0 Å². The third-order valence-electron chi connectivity index (χ3n) is 0. The minimum Gasteiger partial charge on any atom is -1.00 e. The Hall–Kier alpha value is 5.40. The van der Waals surface area contributed by atoms with Crippen molar-refractivity contribution >= 4 is 15.6 Å². The number of halogens is 2. The van der Waals surface area contributed by atoms with Crippen LogP contribution in [0.1, 0.15) is 0 Å². The summed E-state index contributed by atoms with van der Waals surface area (Å²) >= 11 is 0. The van der Waals surface area contributed by atoms with Gasteiger partial charge in [-0.05, 0) is 0 Å². The Balaban J connectivity index is -0.00000000762. The summed E-state index contributed by atoms with van der Waals surface area (Å²) in [6.07, 6.45) is 0. The van der Waals surface area contributed by atoms with Gasteiger partial charge in [-0.25, -0.2) is 0 Å². The molecule has 88 valence electrons. The molecule has 0 heterocycles. The zero-order valence-corrected chi connectivity index (χ0v) is 22.5. The van der Waals surface area contributed by atoms with Crippen molar-refractivity contribution in [1.29, 1.82) is 0 Å². The Morgan fingerprint density at radius 1 is 0.765 bits per heavy atom. The molecular formula is H7Cl2KNNa3O8P2. The summed E-state index contributed by atoms with van der Waals surface area (Å²) in [5, 5.41) is 0. The van der Waals surface area contributed by atoms with Crippen molar-refractivity contribution in [2.45, 2.75) is 0 Å². The molecule has 9 nitrogen and oxygen atoms in total. The van der Waals surface area contributed by atoms with Crippen molar-refractivity contribution in [3.05, 3.63) is 0 Å². The van der Waals surface area contributed by atoms with E-state index in [-0.39, 0.29) is 171 Å². The van der Waals surface area contributed by atoms with Crippen LogP contribution >= 0.6 is 15.6 Å². The summed E-state index contributed by atoms with van der Waals surface area (Å²) < 4.78 is 17.4. The first-order chi connectivity index (χ1) is 4.00. The van der Waals surface area contributed by atoms with Crippen LogP contribution in [0.15, 0.2) is 0 Å². The Morgan fingerprint density at radius 3 is 0.765 bits per heavy atom. The fraction of sp³-hybridized carbons (Fsp3) is 0. The summed E-state index contributed by atoms with van der Waals surface area (Å²) in [5.74, 6) is 0. The molecule has 0 radical (unpaired) electrons. The van der Waals surface area contributed by atoms with Crippen LogP contribution in [0, 0.1) is 0 Å². The van der Waals surface area contributed by atoms with Gasteiger partial charge in [0, 0.05) is 0 Å². The van der Waals surface area contributed by atoms with Gasteiger partial charge in [0.05, 0.1) is 7.82 Å². The van der Waals surface area contributed by atoms with Gasteiger partial charge < -0.3 is 64.9 Å². The smallest absolute Gasteiger partial charge is 1.00 e. The SMILES string of the molecule is O=P([O-])(O)O.O=P([O-])([O-])O.[Cl-].[Cl-].[K+].[NH4+].[Na+].[Na+].[Na+]. The molecule has 0 saturated carbocycles. The van der Waals surface area contributed by atoms with Crippen molar-refractivity contribution in [1.82, 2.24) is 6.15 Å². The van der Waals surface area contributed by atoms with Crippen LogP contribution in [0.25, 0.3) is 0 Å². The van der Waals surface area contributed by atoms with Gasteiger partial charge in [-0.2, -0.15) is 0 Å². The van der Waals surface area contributed by atoms with E-state index in [2.05, 4.69) is 0 Å². The maximum atomic E-state index is 8.77. The molecule has 0 aliphatic carbocycles. The van der Waals surface area contributed by atoms with Gasteiger partial charge in [0.15, 0.2) is 0 Å². The number of quaternary nitrogens is 1. The van der Waals surface area contributed by atoms with Gasteiger partial charge >= 0.3 is 140 Å². The number of phosphoric acid groups is 2. The second kappa shape index (κ2) is 29.4. The Bertz CT molecular complexity index is 149. The van der Waals surface area contributed by atoms with Crippen molar-refractivity contribution in [2.24, 2.45) is 0 Å². The molecule has 0 atom stereocenters. The number of hydrogen-bond acceptors (Lipinski definition) is 5. The molecule has 17 heteroatoms. The molecule has 0 rings (SSSR count). The van der Waals surface area contributed by atoms with Gasteiger partial charge in [-0.3, -0.25) is 4.57 Å². The van der Waals surface area contributed by atoms with E-state index in [4.69, 9.17) is 38.5 Å². The van der Waals surface area contributed by atoms with Crippen LogP contribution in [0.5, 0.6) is 0 Å². The molecule has 0 unspecified atom stereocenters. The van der Waals surface area contributed by atoms with E-state index >= 15 is 0 Å². The summed E-state index contributed by atoms with van der Waals surface area (Å²) in [7, 11) is -10.0. The van der Waals surface area contributed by atoms with E-state index in [0.717, 1.165) is 0 Å². The first kappa shape index (κ1) is 57.1. The zero-order valence-electron chi connectivity index (χ0n) is 10.0. The molecule has 0 saturated heterocycles. The van der Waals surface area contributed by atoms with Crippen molar-refractivity contribution < 1.29 is 203 Å². The molecule has 0 bridgehead atoms. The van der Waals surface area contributed by atoms with Crippen LogP contribution in [0.3, 0.4) is 0 Å². The zero-order chi connectivity index (χ0) is 9.00. The molecule has 0 aliphatic heterocycles. The third-order valence-corrected chi connectivity index (χ3v) is 0. The van der Waals surface area contributed by atoms with Gasteiger partial charge in [-0.1, -0.05) is 0 Å². The molecule has 7 N–H and O–H groups in total. The predicted octanol–water partition coefficient (Wildman–Crippen LogP) is -21.4. The standard InChI is InChI=1S/2ClH.K.H3N.3Na.2H3O4P/c;;;;;;;2*1-5(2,3)4/h2*1H;;1H3;;;;2*(H3,1,2,3,4)/q;;+1;;3*+1;;/p-4. The van der Waals surface area contributed by atoms with Gasteiger partial charge in [0.25, 0.3) is 7.82 Å². The summed E-state index contributed by atoms with van der Waals surface area (Å²) in [6.45, 7) is 0. The van der Waals surface area contributed by atoms with Crippen molar-refractivity contribution in [3.63, 3.8) is 0 Å². The molecule has 0 spiro atoms. The first-order valence-electron chi connectivity index (χ1n) is 1.51. The average molecular weight is 390 g/mol. The van der Waals surface area contributed by atoms with Crippen LogP contribution in [0.4, 0.5) is 0 Å². The molecule has 0 amide bonds. The van der Waals surface area contributed by atoms with Crippen molar-refractivity contribution in [2.75, 3.05) is 0 Å². The quantitative estimate of drug-likeness (QED) is 0.231. The van der Waals surface area contributed by atoms with E-state index in [1.54, 1.807) is 0 Å². The Kier molecular flexibility index (Phi) is 98.8. The number of rotatable bonds is 0. The van der Waals surface area contributed by atoms with Gasteiger partial charge in [0.1, 0.15) is 0 Å². The molecule has 0 aromatic carbocycles. The Morgan fingerprint density at radius 2 is 0.765 bits per heavy atom. The monoisotopic (exact) mass is 389 g/mol. The predicted molar refractivity (Wildman–Crippen MR) is 27.9 cm³/mol. The summed E-state index contributed by atoms with van der Waals surface area (Å²) in [6, 6.07) is 0. The second-order valence-corrected chi connectivity index (χ2v) is 2.88. The third kappa shape index (κ3) is 276. The summed E-state index contributed by atoms with van der Waals surface area (Å²) in [4.78, 5) is 47.2. The molecule has 0 aromatic rings. The largest absolute Gasteiger partial charge is 1.00 e. The topological polar surface area (TPSA) is 201 Å². The fourth-order valence-corrected chi connectivity index (χ4v) is 0. The van der Waals surface area contributed by atoms with Crippen LogP contribution in [-0.4, -0.2) is 14.7 Å². The van der Waals surface area contributed by atoms with E-state index in [9.17, 15) is 0 Å². The molecule has 17 heavy (non-hydrogen) atoms. The number of hydrogen-bond donors (Lipinski definition) is 4. The van der Waals surface area contributed by atoms with E-state index in [1.165, 1.54) is 0 Å². The van der Waals surface area contributed by atoms with Crippen LogP contribution < -0.4 is 186 Å². The van der Waals surface area contributed by atoms with E-state index < -0.39 is 15.6 Å². The summed E-state index contributed by atoms with van der Waals surface area (Å²) in [5.41, 5.74) is 0. The maximum Gasteiger partial charge on any atom is 1.00 e. The normalized spacial score (nSPS) is 6.94. The molecular weight excluding hydrogens is 383 g/mol. The molecule has 0 aliphatic rings. The van der Waals surface area contributed by atoms with E-state index in [0.29, 0.717) is 0 Å². The average Bonchev–Trinajstić information content (AvgIpc) is 1.12. The van der Waals surface area contributed by atoms with E-state index in [1.807, 2.05) is 0 Å². The minimum atomic E-state index is -5.14. The molecule has 0 fully saturated rings. The van der Waals surface area contributed by atoms with Crippen LogP contribution in [-0.2, 0) is 9.13 Å². The second-order valence-electron chi connectivity index (χ2n) is 0.959. The minimum absolute atomic E-state index is 0. The maximum absolute atomic E-state index is 8.77. The van der Waals surface area contributed by atoms with Crippen LogP contribution in [0.2, 0.25) is 0 Å².